The molecule has 0 amide bonds. The van der Waals surface area contributed by atoms with Crippen molar-refractivity contribution in [2.24, 2.45) is 28.6 Å². The van der Waals surface area contributed by atoms with Crippen molar-refractivity contribution in [2.75, 3.05) is 5.75 Å². The average molecular weight is 511 g/mol. The Morgan fingerprint density at radius 1 is 1.08 bits per heavy atom. The number of hydrogen-bond acceptors (Lipinski definition) is 4. The van der Waals surface area contributed by atoms with Gasteiger partial charge in [0.25, 0.3) is 0 Å². The van der Waals surface area contributed by atoms with E-state index in [2.05, 4.69) is 44.2 Å². The van der Waals surface area contributed by atoms with Crippen LogP contribution in [0, 0.1) is 28.6 Å². The van der Waals surface area contributed by atoms with Crippen molar-refractivity contribution in [3.63, 3.8) is 0 Å². The zero-order valence-electron chi connectivity index (χ0n) is 22.7. The molecule has 198 valence electrons. The van der Waals surface area contributed by atoms with Crippen LogP contribution in [-0.2, 0) is 5.60 Å². The Kier molecular flexibility index (Phi) is 7.30. The molecule has 0 bridgehead atoms. The molecule has 3 N–H and O–H groups in total. The maximum atomic E-state index is 10.6. The zero-order valence-corrected chi connectivity index (χ0v) is 23.5. The van der Waals surface area contributed by atoms with Gasteiger partial charge in [-0.1, -0.05) is 49.3 Å². The molecule has 5 rings (SSSR count). The lowest BCUT2D eigenvalue weighted by atomic mass is 9.61. The van der Waals surface area contributed by atoms with Gasteiger partial charge < -0.3 is 15.3 Å². The molecule has 6 atom stereocenters. The van der Waals surface area contributed by atoms with Crippen LogP contribution in [0.1, 0.15) is 91.0 Å². The number of hydrogen-bond donors (Lipinski definition) is 3. The van der Waals surface area contributed by atoms with Gasteiger partial charge in [-0.25, -0.2) is 0 Å². The van der Waals surface area contributed by atoms with Crippen LogP contribution in [-0.4, -0.2) is 33.3 Å². The summed E-state index contributed by atoms with van der Waals surface area (Å²) in [6.45, 7) is 8.70. The van der Waals surface area contributed by atoms with Crippen LogP contribution in [0.5, 0.6) is 0 Å². The first kappa shape index (κ1) is 26.5. The van der Waals surface area contributed by atoms with Crippen LogP contribution < -0.4 is 0 Å². The van der Waals surface area contributed by atoms with E-state index in [1.165, 1.54) is 42.6 Å². The van der Waals surface area contributed by atoms with Crippen molar-refractivity contribution in [3.05, 3.63) is 53.1 Å². The van der Waals surface area contributed by atoms with E-state index in [4.69, 9.17) is 0 Å². The van der Waals surface area contributed by atoms with Crippen molar-refractivity contribution in [1.29, 1.82) is 0 Å². The Morgan fingerprint density at radius 3 is 2.47 bits per heavy atom. The summed E-state index contributed by atoms with van der Waals surface area (Å²) < 4.78 is 0. The predicted molar refractivity (Wildman–Crippen MR) is 149 cm³/mol. The second-order valence-corrected chi connectivity index (χ2v) is 14.3. The van der Waals surface area contributed by atoms with Gasteiger partial charge in [-0.2, -0.15) is 0 Å². The molecule has 4 heteroatoms. The fourth-order valence-corrected chi connectivity index (χ4v) is 8.98. The molecule has 6 unspecified atom stereocenters. The fourth-order valence-electron chi connectivity index (χ4n) is 7.90. The lowest BCUT2D eigenvalue weighted by molar-refractivity contribution is -0.0225. The van der Waals surface area contributed by atoms with Gasteiger partial charge in [0.1, 0.15) is 0 Å². The molecule has 0 aliphatic heterocycles. The topological polar surface area (TPSA) is 60.7 Å². The van der Waals surface area contributed by atoms with Crippen molar-refractivity contribution >= 4 is 11.8 Å². The largest absolute Gasteiger partial charge is 0.392 e. The molecule has 0 aromatic heterocycles. The summed E-state index contributed by atoms with van der Waals surface area (Å²) >= 11 is 1.94. The Morgan fingerprint density at radius 2 is 1.81 bits per heavy atom. The van der Waals surface area contributed by atoms with Crippen LogP contribution in [0.25, 0.3) is 0 Å². The number of fused-ring (bicyclic) bond motifs is 1. The third kappa shape index (κ3) is 5.00. The molecule has 4 saturated carbocycles. The molecule has 3 nitrogen and oxygen atoms in total. The summed E-state index contributed by atoms with van der Waals surface area (Å²) in [5.41, 5.74) is 3.18. The van der Waals surface area contributed by atoms with E-state index >= 15 is 0 Å². The minimum atomic E-state index is -0.804. The summed E-state index contributed by atoms with van der Waals surface area (Å²) in [6, 6.07) is 8.40. The standard InChI is InChI=1S/C32H46O3S/c1-21(20-36-25-9-5-8-24(19-25)30(2,3)35)26-12-13-27-23(7-6-14-31(26,27)4)11-10-22-17-28(33)32(15-16-32)29(34)18-22/h5,8-11,19,21,26-29,33-35H,6-7,12-18,20H2,1-4H3. The molecule has 1 aromatic rings. The summed E-state index contributed by atoms with van der Waals surface area (Å²) in [5, 5.41) is 31.6. The minimum absolute atomic E-state index is 0.184. The lowest BCUT2D eigenvalue weighted by Crippen LogP contribution is -2.38. The molecule has 1 spiro atoms. The van der Waals surface area contributed by atoms with Crippen molar-refractivity contribution < 1.29 is 15.3 Å². The highest BCUT2D eigenvalue weighted by Crippen LogP contribution is 2.60. The maximum Gasteiger partial charge on any atom is 0.0840 e. The Balaban J connectivity index is 1.24. The van der Waals surface area contributed by atoms with Crippen LogP contribution >= 0.6 is 11.8 Å². The van der Waals surface area contributed by atoms with Gasteiger partial charge in [-0.15, -0.1) is 11.8 Å². The molecule has 4 aliphatic carbocycles. The van der Waals surface area contributed by atoms with Crippen molar-refractivity contribution in [2.45, 2.75) is 108 Å². The summed E-state index contributed by atoms with van der Waals surface area (Å²) in [6.07, 6.45) is 13.7. The molecule has 1 aromatic carbocycles. The van der Waals surface area contributed by atoms with E-state index in [1.807, 2.05) is 31.7 Å². The highest BCUT2D eigenvalue weighted by molar-refractivity contribution is 7.99. The number of allylic oxidation sites excluding steroid dienone is 3. The highest BCUT2D eigenvalue weighted by atomic mass is 32.2. The van der Waals surface area contributed by atoms with Gasteiger partial charge in [0.05, 0.1) is 17.8 Å². The predicted octanol–water partition coefficient (Wildman–Crippen LogP) is 7.01. The number of rotatable bonds is 6. The lowest BCUT2D eigenvalue weighted by Gasteiger charge is -2.44. The summed E-state index contributed by atoms with van der Waals surface area (Å²) in [5.74, 6) is 3.15. The van der Waals surface area contributed by atoms with Crippen LogP contribution in [0.2, 0.25) is 0 Å². The van der Waals surface area contributed by atoms with Gasteiger partial charge in [-0.3, -0.25) is 0 Å². The van der Waals surface area contributed by atoms with Crippen molar-refractivity contribution in [3.8, 4) is 0 Å². The number of aliphatic hydroxyl groups excluding tert-OH is 2. The quantitative estimate of drug-likeness (QED) is 0.360. The van der Waals surface area contributed by atoms with Crippen molar-refractivity contribution in [1.82, 2.24) is 0 Å². The van der Waals surface area contributed by atoms with E-state index in [-0.39, 0.29) is 17.6 Å². The molecule has 4 aliphatic rings. The normalized spacial score (nSPS) is 35.6. The van der Waals surface area contributed by atoms with Gasteiger partial charge in [0.2, 0.25) is 0 Å². The van der Waals surface area contributed by atoms with E-state index in [1.54, 1.807) is 5.57 Å². The van der Waals surface area contributed by atoms with E-state index < -0.39 is 5.60 Å². The second-order valence-electron chi connectivity index (χ2n) is 13.2. The van der Waals surface area contributed by atoms with E-state index in [0.717, 1.165) is 42.9 Å². The molecule has 0 saturated heterocycles. The number of aliphatic hydroxyl groups is 3. The molecular weight excluding hydrogens is 464 g/mol. The average Bonchev–Trinajstić information content (AvgIpc) is 3.56. The highest BCUT2D eigenvalue weighted by Gasteiger charge is 2.56. The molecule has 36 heavy (non-hydrogen) atoms. The van der Waals surface area contributed by atoms with Gasteiger partial charge >= 0.3 is 0 Å². The monoisotopic (exact) mass is 510 g/mol. The summed E-state index contributed by atoms with van der Waals surface area (Å²) in [7, 11) is 0. The minimum Gasteiger partial charge on any atom is -0.392 e. The van der Waals surface area contributed by atoms with E-state index in [9.17, 15) is 15.3 Å². The Hall–Kier alpha value is -1.07. The molecule has 4 fully saturated rings. The molecular formula is C32H46O3S. The van der Waals surface area contributed by atoms with Crippen LogP contribution in [0.4, 0.5) is 0 Å². The molecule has 0 heterocycles. The second kappa shape index (κ2) is 9.91. The van der Waals surface area contributed by atoms with Crippen LogP contribution in [0.3, 0.4) is 0 Å². The first-order chi connectivity index (χ1) is 17.0. The zero-order chi connectivity index (χ0) is 25.7. The van der Waals surface area contributed by atoms with Crippen LogP contribution in [0.15, 0.2) is 52.5 Å². The smallest absolute Gasteiger partial charge is 0.0840 e. The first-order valence-corrected chi connectivity index (χ1v) is 15.2. The number of thioether (sulfide) groups is 1. The first-order valence-electron chi connectivity index (χ1n) is 14.2. The van der Waals surface area contributed by atoms with Gasteiger partial charge in [0.15, 0.2) is 0 Å². The summed E-state index contributed by atoms with van der Waals surface area (Å²) in [4.78, 5) is 1.25. The molecule has 0 radical (unpaired) electrons. The number of benzene rings is 1. The maximum absolute atomic E-state index is 10.6. The third-order valence-electron chi connectivity index (χ3n) is 10.4. The van der Waals surface area contributed by atoms with Gasteiger partial charge in [0, 0.05) is 16.1 Å². The third-order valence-corrected chi connectivity index (χ3v) is 11.7. The SMILES string of the molecule is CC(CSc1cccc(C(C)(C)O)c1)C1CCC2C(=CC=C3CC(O)C4(CC4)C(O)C3)CCCC21C. The fraction of sp³-hybridized carbons (Fsp3) is 0.688. The van der Waals surface area contributed by atoms with Gasteiger partial charge in [-0.05, 0) is 112 Å². The van der Waals surface area contributed by atoms with E-state index in [0.29, 0.717) is 17.3 Å². The Labute approximate surface area is 222 Å². The Bertz CT molecular complexity index is 1000.